The van der Waals surface area contributed by atoms with Gasteiger partial charge in [0, 0.05) is 11.1 Å². The third-order valence-corrected chi connectivity index (χ3v) is 3.78. The van der Waals surface area contributed by atoms with Crippen LogP contribution in [0.25, 0.3) is 0 Å². The van der Waals surface area contributed by atoms with Crippen LogP contribution >= 0.6 is 11.6 Å². The summed E-state index contributed by atoms with van der Waals surface area (Å²) >= 11 is 6.00. The van der Waals surface area contributed by atoms with Crippen LogP contribution in [0.4, 0.5) is 0 Å². The lowest BCUT2D eigenvalue weighted by Gasteiger charge is -2.20. The average Bonchev–Trinajstić information content (AvgIpc) is 2.38. The number of benzene rings is 2. The minimum Gasteiger partial charge on any atom is -0.324 e. The van der Waals surface area contributed by atoms with Crippen molar-refractivity contribution in [2.75, 3.05) is 0 Å². The van der Waals surface area contributed by atoms with Crippen molar-refractivity contribution >= 4 is 11.6 Å². The predicted octanol–water partition coefficient (Wildman–Crippen LogP) is 4.88. The third kappa shape index (κ3) is 3.84. The van der Waals surface area contributed by atoms with Crippen LogP contribution in [0.3, 0.4) is 0 Å². The van der Waals surface area contributed by atoms with Gasteiger partial charge in [-0.3, -0.25) is 0 Å². The normalized spacial score (nSPS) is 13.2. The lowest BCUT2D eigenvalue weighted by atomic mass is 9.86. The van der Waals surface area contributed by atoms with Gasteiger partial charge in [-0.05, 0) is 40.7 Å². The van der Waals surface area contributed by atoms with Crippen LogP contribution in [0, 0.1) is 0 Å². The summed E-state index contributed by atoms with van der Waals surface area (Å²) in [5.41, 5.74) is 10.1. The Balaban J connectivity index is 2.11. The number of rotatable bonds is 3. The van der Waals surface area contributed by atoms with Crippen molar-refractivity contribution < 1.29 is 0 Å². The van der Waals surface area contributed by atoms with Crippen LogP contribution in [0.15, 0.2) is 48.5 Å². The molecule has 2 aromatic rings. The predicted molar refractivity (Wildman–Crippen MR) is 87.2 cm³/mol. The highest BCUT2D eigenvalue weighted by Gasteiger charge is 2.14. The van der Waals surface area contributed by atoms with Gasteiger partial charge < -0.3 is 5.73 Å². The maximum absolute atomic E-state index is 6.29. The Morgan fingerprint density at radius 3 is 2.25 bits per heavy atom. The minimum absolute atomic E-state index is 0.00230. The van der Waals surface area contributed by atoms with Gasteiger partial charge in [-0.25, -0.2) is 0 Å². The topological polar surface area (TPSA) is 26.0 Å². The Morgan fingerprint density at radius 1 is 1.05 bits per heavy atom. The van der Waals surface area contributed by atoms with E-state index in [4.69, 9.17) is 17.3 Å². The van der Waals surface area contributed by atoms with E-state index in [-0.39, 0.29) is 11.5 Å². The van der Waals surface area contributed by atoms with Gasteiger partial charge in [0.25, 0.3) is 0 Å². The molecule has 0 saturated carbocycles. The molecule has 0 amide bonds. The van der Waals surface area contributed by atoms with E-state index >= 15 is 0 Å². The summed E-state index contributed by atoms with van der Waals surface area (Å²) in [7, 11) is 0. The molecule has 0 heterocycles. The van der Waals surface area contributed by atoms with Crippen molar-refractivity contribution in [2.24, 2.45) is 5.73 Å². The standard InChI is InChI=1S/C18H22ClN/c1-18(2,3)15-9-7-14(8-10-15)17(20)12-13-5-4-6-16(19)11-13/h4-11,17H,12,20H2,1-3H3. The first-order valence-electron chi connectivity index (χ1n) is 6.97. The first kappa shape index (κ1) is 15.1. The molecule has 1 unspecified atom stereocenters. The molecule has 1 atom stereocenters. The van der Waals surface area contributed by atoms with E-state index in [1.54, 1.807) is 0 Å². The van der Waals surface area contributed by atoms with Crippen LogP contribution in [-0.2, 0) is 11.8 Å². The fraction of sp³-hybridized carbons (Fsp3) is 0.333. The molecule has 0 aromatic heterocycles. The second kappa shape index (κ2) is 5.99. The molecule has 1 nitrogen and oxygen atoms in total. The van der Waals surface area contributed by atoms with E-state index in [1.807, 2.05) is 18.2 Å². The Kier molecular flexibility index (Phi) is 4.52. The van der Waals surface area contributed by atoms with Gasteiger partial charge in [0.2, 0.25) is 0 Å². The lowest BCUT2D eigenvalue weighted by molar-refractivity contribution is 0.589. The minimum atomic E-state index is 0.00230. The number of nitrogens with two attached hydrogens (primary N) is 1. The average molecular weight is 288 g/mol. The second-order valence-corrected chi connectivity index (χ2v) is 6.75. The smallest absolute Gasteiger partial charge is 0.0408 e. The summed E-state index contributed by atoms with van der Waals surface area (Å²) in [6.45, 7) is 6.65. The zero-order valence-corrected chi connectivity index (χ0v) is 13.1. The van der Waals surface area contributed by atoms with Crippen molar-refractivity contribution in [2.45, 2.75) is 38.6 Å². The highest BCUT2D eigenvalue weighted by Crippen LogP contribution is 2.24. The van der Waals surface area contributed by atoms with Crippen LogP contribution in [-0.4, -0.2) is 0 Å². The molecule has 0 aliphatic carbocycles. The molecule has 2 rings (SSSR count). The number of hydrogen-bond donors (Lipinski definition) is 1. The Hall–Kier alpha value is -1.31. The summed E-state index contributed by atoms with van der Waals surface area (Å²) in [6.07, 6.45) is 0.801. The fourth-order valence-electron chi connectivity index (χ4n) is 2.27. The van der Waals surface area contributed by atoms with Crippen molar-refractivity contribution in [3.05, 3.63) is 70.2 Å². The summed E-state index contributed by atoms with van der Waals surface area (Å²) in [6, 6.07) is 16.5. The molecule has 2 heteroatoms. The molecule has 20 heavy (non-hydrogen) atoms. The van der Waals surface area contributed by atoms with Crippen molar-refractivity contribution in [1.29, 1.82) is 0 Å². The van der Waals surface area contributed by atoms with Gasteiger partial charge in [0.1, 0.15) is 0 Å². The zero-order chi connectivity index (χ0) is 14.8. The number of halogens is 1. The molecule has 2 N–H and O–H groups in total. The summed E-state index contributed by atoms with van der Waals surface area (Å²) in [4.78, 5) is 0. The van der Waals surface area contributed by atoms with E-state index in [1.165, 1.54) is 11.1 Å². The molecular formula is C18H22ClN. The van der Waals surface area contributed by atoms with Gasteiger partial charge in [-0.2, -0.15) is 0 Å². The van der Waals surface area contributed by atoms with E-state index < -0.39 is 0 Å². The first-order chi connectivity index (χ1) is 9.36. The van der Waals surface area contributed by atoms with Gasteiger partial charge in [0.05, 0.1) is 0 Å². The van der Waals surface area contributed by atoms with Crippen molar-refractivity contribution in [3.63, 3.8) is 0 Å². The molecule has 0 spiro atoms. The fourth-order valence-corrected chi connectivity index (χ4v) is 2.48. The molecule has 0 aliphatic rings. The highest BCUT2D eigenvalue weighted by atomic mass is 35.5. The molecule has 0 fully saturated rings. The highest BCUT2D eigenvalue weighted by molar-refractivity contribution is 6.30. The van der Waals surface area contributed by atoms with Gasteiger partial charge >= 0.3 is 0 Å². The van der Waals surface area contributed by atoms with Crippen LogP contribution < -0.4 is 5.73 Å². The SMILES string of the molecule is CC(C)(C)c1ccc(C(N)Cc2cccc(Cl)c2)cc1. The van der Waals surface area contributed by atoms with E-state index in [9.17, 15) is 0 Å². The molecule has 0 aliphatic heterocycles. The maximum Gasteiger partial charge on any atom is 0.0408 e. The Morgan fingerprint density at radius 2 is 1.70 bits per heavy atom. The van der Waals surface area contributed by atoms with Crippen LogP contribution in [0.1, 0.15) is 43.5 Å². The van der Waals surface area contributed by atoms with Crippen LogP contribution in [0.5, 0.6) is 0 Å². The molecule has 2 aromatic carbocycles. The molecule has 106 valence electrons. The lowest BCUT2D eigenvalue weighted by Crippen LogP contribution is -2.15. The first-order valence-corrected chi connectivity index (χ1v) is 7.34. The second-order valence-electron chi connectivity index (χ2n) is 6.31. The van der Waals surface area contributed by atoms with Crippen molar-refractivity contribution in [1.82, 2.24) is 0 Å². The van der Waals surface area contributed by atoms with E-state index in [0.717, 1.165) is 17.0 Å². The summed E-state index contributed by atoms with van der Waals surface area (Å²) < 4.78 is 0. The third-order valence-electron chi connectivity index (χ3n) is 3.55. The van der Waals surface area contributed by atoms with Gasteiger partial charge in [-0.1, -0.05) is 68.8 Å². The van der Waals surface area contributed by atoms with Crippen molar-refractivity contribution in [3.8, 4) is 0 Å². The van der Waals surface area contributed by atoms with Crippen LogP contribution in [0.2, 0.25) is 5.02 Å². The molecule has 0 bridgehead atoms. The van der Waals surface area contributed by atoms with E-state index in [2.05, 4.69) is 51.1 Å². The van der Waals surface area contributed by atoms with Gasteiger partial charge in [0.15, 0.2) is 0 Å². The number of hydrogen-bond acceptors (Lipinski definition) is 1. The molecular weight excluding hydrogens is 266 g/mol. The zero-order valence-electron chi connectivity index (χ0n) is 12.4. The van der Waals surface area contributed by atoms with E-state index in [0.29, 0.717) is 0 Å². The maximum atomic E-state index is 6.29. The summed E-state index contributed by atoms with van der Waals surface area (Å²) in [5.74, 6) is 0. The Bertz CT molecular complexity index is 567. The monoisotopic (exact) mass is 287 g/mol. The molecule has 0 radical (unpaired) electrons. The Labute approximate surface area is 126 Å². The summed E-state index contributed by atoms with van der Waals surface area (Å²) in [5, 5.41) is 0.762. The van der Waals surface area contributed by atoms with Gasteiger partial charge in [-0.15, -0.1) is 0 Å². The largest absolute Gasteiger partial charge is 0.324 e. The molecule has 0 saturated heterocycles. The quantitative estimate of drug-likeness (QED) is 0.855.